The number of nitrogens with two attached hydrogens (primary N) is 1. The van der Waals surface area contributed by atoms with Crippen molar-refractivity contribution < 1.29 is 13.0 Å². The number of hydrogen-bond donors (Lipinski definition) is 1. The van der Waals surface area contributed by atoms with Crippen LogP contribution in [0.5, 0.6) is 0 Å². The van der Waals surface area contributed by atoms with Crippen molar-refractivity contribution in [2.45, 2.75) is 33.2 Å². The van der Waals surface area contributed by atoms with E-state index >= 15 is 0 Å². The highest BCUT2D eigenvalue weighted by Crippen LogP contribution is 2.35. The van der Waals surface area contributed by atoms with E-state index in [1.165, 1.54) is 17.4 Å². The maximum absolute atomic E-state index is 14.7. The van der Waals surface area contributed by atoms with Gasteiger partial charge in [-0.25, -0.2) is 18.0 Å². The first-order valence-corrected chi connectivity index (χ1v) is 11.1. The Kier molecular flexibility index (Phi) is 6.68. The molecule has 0 spiro atoms. The molecule has 9 heteroatoms. The molecule has 0 fully saturated rings. The number of nitrogens with zero attached hydrogens (tertiary/aromatic N) is 3. The summed E-state index contributed by atoms with van der Waals surface area (Å²) in [6.45, 7) is 3.48. The first-order valence-electron chi connectivity index (χ1n) is 8.81. The van der Waals surface area contributed by atoms with Crippen LogP contribution in [0.15, 0.2) is 35.5 Å². The van der Waals surface area contributed by atoms with Crippen molar-refractivity contribution in [3.8, 4) is 0 Å². The van der Waals surface area contributed by atoms with Gasteiger partial charge in [0.15, 0.2) is 11.6 Å². The zero-order valence-electron chi connectivity index (χ0n) is 16.4. The topological polar surface area (TPSA) is 71.6 Å². The van der Waals surface area contributed by atoms with Gasteiger partial charge in [-0.15, -0.1) is 0 Å². The van der Waals surface area contributed by atoms with Crippen LogP contribution in [0.1, 0.15) is 36.7 Å². The Balaban J connectivity index is 0.00000320. The molecule has 0 bridgehead atoms. The van der Waals surface area contributed by atoms with Crippen LogP contribution in [0.4, 0.5) is 8.78 Å². The lowest BCUT2D eigenvalue weighted by molar-refractivity contribution is 0.446. The van der Waals surface area contributed by atoms with Crippen molar-refractivity contribution in [1.29, 1.82) is 0 Å². The third-order valence-corrected chi connectivity index (χ3v) is 7.47. The van der Waals surface area contributed by atoms with Crippen LogP contribution in [0.2, 0.25) is 0 Å². The maximum atomic E-state index is 14.7. The minimum atomic E-state index is -2.83. The molecule has 1 unspecified atom stereocenters. The van der Waals surface area contributed by atoms with E-state index in [2.05, 4.69) is 15.8 Å². The SMILES string of the molecule is C.C=S1(=O)C[C@@](C)(c2cc(CC(=S)c3ccc(C)cn3)cc(F)c2F)N=C(N)N1C. The summed E-state index contributed by atoms with van der Waals surface area (Å²) in [6.07, 6.45) is 1.89. The van der Waals surface area contributed by atoms with Gasteiger partial charge >= 0.3 is 0 Å². The smallest absolute Gasteiger partial charge is 0.203 e. The molecule has 2 aromatic rings. The van der Waals surface area contributed by atoms with Crippen molar-refractivity contribution in [2.75, 3.05) is 12.8 Å². The summed E-state index contributed by atoms with van der Waals surface area (Å²) in [4.78, 5) is 9.08. The van der Waals surface area contributed by atoms with E-state index in [-0.39, 0.29) is 31.1 Å². The van der Waals surface area contributed by atoms with Gasteiger partial charge < -0.3 is 5.73 Å². The van der Waals surface area contributed by atoms with E-state index in [9.17, 15) is 13.0 Å². The van der Waals surface area contributed by atoms with E-state index in [0.29, 0.717) is 16.1 Å². The van der Waals surface area contributed by atoms with Gasteiger partial charge in [-0.1, -0.05) is 25.7 Å². The molecule has 1 aliphatic heterocycles. The fourth-order valence-corrected chi connectivity index (χ4v) is 5.21. The minimum Gasteiger partial charge on any atom is -0.369 e. The molecule has 3 rings (SSSR count). The number of aromatic nitrogens is 1. The third-order valence-electron chi connectivity index (χ3n) is 4.92. The van der Waals surface area contributed by atoms with Crippen LogP contribution in [-0.2, 0) is 21.7 Å². The average Bonchev–Trinajstić information content (AvgIpc) is 2.62. The monoisotopic (exact) mass is 452 g/mol. The fourth-order valence-electron chi connectivity index (χ4n) is 3.25. The summed E-state index contributed by atoms with van der Waals surface area (Å²) in [7, 11) is -1.32. The van der Waals surface area contributed by atoms with Crippen molar-refractivity contribution in [3.05, 3.63) is 64.5 Å². The number of halogens is 2. The normalized spacial score (nSPS) is 23.5. The van der Waals surface area contributed by atoms with Crippen LogP contribution in [-0.4, -0.2) is 43.0 Å². The lowest BCUT2D eigenvalue weighted by Gasteiger charge is -2.37. The Bertz CT molecular complexity index is 1110. The largest absolute Gasteiger partial charge is 0.369 e. The molecule has 162 valence electrons. The summed E-state index contributed by atoms with van der Waals surface area (Å²) >= 11 is 5.43. The van der Waals surface area contributed by atoms with E-state index < -0.39 is 26.9 Å². The molecule has 0 saturated carbocycles. The lowest BCUT2D eigenvalue weighted by Crippen LogP contribution is -2.50. The van der Waals surface area contributed by atoms with Crippen molar-refractivity contribution >= 4 is 38.6 Å². The Hall–Kier alpha value is -2.39. The van der Waals surface area contributed by atoms with Crippen LogP contribution in [0, 0.1) is 18.6 Å². The second kappa shape index (κ2) is 8.39. The highest BCUT2D eigenvalue weighted by atomic mass is 32.2. The molecule has 0 amide bonds. The summed E-state index contributed by atoms with van der Waals surface area (Å²) < 4.78 is 43.2. The standard InChI is InChI=1S/C20H22F2N4OS2.CH4/c1-12-5-6-16(24-10-12)17(28)9-13-7-14(18(22)15(21)8-13)20(2)11-29(4,27)26(3)19(23)25-20;/h5-8,10H,4,9,11H2,1-3H3,(H2,23,25);1H4/t20-,29?;/m0./s1. The third kappa shape index (κ3) is 4.52. The molecule has 0 aliphatic carbocycles. The van der Waals surface area contributed by atoms with Gasteiger partial charge in [0.05, 0.1) is 21.2 Å². The molecular formula is C21H26F2N4OS2. The Morgan fingerprint density at radius 1 is 1.40 bits per heavy atom. The predicted molar refractivity (Wildman–Crippen MR) is 124 cm³/mol. The molecule has 30 heavy (non-hydrogen) atoms. The summed E-state index contributed by atoms with van der Waals surface area (Å²) in [5.74, 6) is 1.49. The molecule has 1 aromatic heterocycles. The number of aliphatic imine (C=N–C) groups is 1. The van der Waals surface area contributed by atoms with Gasteiger partial charge in [0.1, 0.15) is 5.54 Å². The van der Waals surface area contributed by atoms with Gasteiger partial charge in [-0.05, 0) is 49.0 Å². The summed E-state index contributed by atoms with van der Waals surface area (Å²) in [5, 5.41) is 0. The molecule has 0 radical (unpaired) electrons. The highest BCUT2D eigenvalue weighted by molar-refractivity contribution is 7.98. The number of hydrogen-bond acceptors (Lipinski definition) is 5. The van der Waals surface area contributed by atoms with Gasteiger partial charge in [0.25, 0.3) is 0 Å². The Morgan fingerprint density at radius 2 is 2.07 bits per heavy atom. The van der Waals surface area contributed by atoms with E-state index in [1.807, 2.05) is 13.0 Å². The second-order valence-corrected chi connectivity index (χ2v) is 10.3. The fraction of sp³-hybridized carbons (Fsp3) is 0.333. The zero-order valence-corrected chi connectivity index (χ0v) is 18.0. The van der Waals surface area contributed by atoms with Crippen LogP contribution < -0.4 is 5.73 Å². The second-order valence-electron chi connectivity index (χ2n) is 7.42. The van der Waals surface area contributed by atoms with Crippen LogP contribution in [0.25, 0.3) is 0 Å². The number of guanidine groups is 1. The summed E-state index contributed by atoms with van der Waals surface area (Å²) in [6, 6.07) is 6.27. The summed E-state index contributed by atoms with van der Waals surface area (Å²) in [5.41, 5.74) is 6.59. The average molecular weight is 453 g/mol. The van der Waals surface area contributed by atoms with Crippen molar-refractivity contribution in [3.63, 3.8) is 0 Å². The van der Waals surface area contributed by atoms with Crippen molar-refractivity contribution in [1.82, 2.24) is 9.29 Å². The van der Waals surface area contributed by atoms with Gasteiger partial charge in [-0.3, -0.25) is 9.29 Å². The quantitative estimate of drug-likeness (QED) is 0.570. The van der Waals surface area contributed by atoms with Crippen LogP contribution >= 0.6 is 12.2 Å². The number of benzene rings is 1. The number of pyridine rings is 1. The molecule has 1 aromatic carbocycles. The first-order chi connectivity index (χ1) is 13.4. The number of rotatable bonds is 4. The zero-order chi connectivity index (χ0) is 21.6. The molecule has 5 nitrogen and oxygen atoms in total. The molecule has 2 N–H and O–H groups in total. The molecular weight excluding hydrogens is 426 g/mol. The number of aryl methyl sites for hydroxylation is 1. The van der Waals surface area contributed by atoms with E-state index in [0.717, 1.165) is 11.6 Å². The van der Waals surface area contributed by atoms with Gasteiger partial charge in [0, 0.05) is 30.1 Å². The first kappa shape index (κ1) is 23.9. The lowest BCUT2D eigenvalue weighted by atomic mass is 9.91. The Labute approximate surface area is 182 Å². The molecule has 2 atom stereocenters. The van der Waals surface area contributed by atoms with E-state index in [1.54, 1.807) is 19.2 Å². The van der Waals surface area contributed by atoms with Crippen LogP contribution in [0.3, 0.4) is 0 Å². The molecule has 0 saturated heterocycles. The van der Waals surface area contributed by atoms with Gasteiger partial charge in [-0.2, -0.15) is 0 Å². The predicted octanol–water partition coefficient (Wildman–Crippen LogP) is 3.37. The molecule has 1 aliphatic rings. The Morgan fingerprint density at radius 3 is 2.63 bits per heavy atom. The molecule has 2 heterocycles. The minimum absolute atomic E-state index is 0. The highest BCUT2D eigenvalue weighted by Gasteiger charge is 2.39. The van der Waals surface area contributed by atoms with Crippen molar-refractivity contribution in [2.24, 2.45) is 10.7 Å². The van der Waals surface area contributed by atoms with Gasteiger partial charge in [0.2, 0.25) is 5.96 Å². The van der Waals surface area contributed by atoms with E-state index in [4.69, 9.17) is 18.0 Å². The maximum Gasteiger partial charge on any atom is 0.203 e. The number of thiocarbonyl (C=S) groups is 1.